The van der Waals surface area contributed by atoms with Gasteiger partial charge in [-0.1, -0.05) is 20.8 Å². The maximum atomic E-state index is 12.7. The summed E-state index contributed by atoms with van der Waals surface area (Å²) in [6.45, 7) is 11.5. The Morgan fingerprint density at radius 3 is 2.08 bits per heavy atom. The lowest BCUT2D eigenvalue weighted by Crippen LogP contribution is -2.50. The Kier molecular flexibility index (Phi) is 5.67. The molecule has 1 amide bonds. The third kappa shape index (κ3) is 5.03. The summed E-state index contributed by atoms with van der Waals surface area (Å²) in [4.78, 5) is 13.6. The van der Waals surface area contributed by atoms with Crippen molar-refractivity contribution in [3.05, 3.63) is 24.3 Å². The van der Waals surface area contributed by atoms with E-state index in [2.05, 4.69) is 31.0 Å². The summed E-state index contributed by atoms with van der Waals surface area (Å²) in [7, 11) is -3.48. The van der Waals surface area contributed by atoms with Crippen molar-refractivity contribution >= 4 is 21.6 Å². The van der Waals surface area contributed by atoms with Gasteiger partial charge in [-0.15, -0.1) is 0 Å². The molecule has 0 unspecified atom stereocenters. The zero-order chi connectivity index (χ0) is 18.0. The van der Waals surface area contributed by atoms with Gasteiger partial charge in [0.05, 0.1) is 4.90 Å². The first-order valence-electron chi connectivity index (χ1n) is 8.18. The van der Waals surface area contributed by atoms with E-state index in [9.17, 15) is 13.2 Å². The zero-order valence-corrected chi connectivity index (χ0v) is 15.7. The largest absolute Gasteiger partial charge is 0.326 e. The third-order valence-electron chi connectivity index (χ3n) is 3.84. The average Bonchev–Trinajstić information content (AvgIpc) is 2.46. The molecule has 0 aromatic heterocycles. The number of sulfonamides is 1. The SMILES string of the molecule is CC(=O)Nc1ccc(S(=O)(=O)N2CCN(CC(C)(C)C)CC2)cc1. The molecule has 0 atom stereocenters. The van der Waals surface area contributed by atoms with Crippen molar-refractivity contribution in [3.8, 4) is 0 Å². The van der Waals surface area contributed by atoms with E-state index in [4.69, 9.17) is 0 Å². The van der Waals surface area contributed by atoms with E-state index >= 15 is 0 Å². The first kappa shape index (κ1) is 18.9. The van der Waals surface area contributed by atoms with E-state index < -0.39 is 10.0 Å². The molecular weight excluding hydrogens is 326 g/mol. The monoisotopic (exact) mass is 353 g/mol. The number of hydrogen-bond donors (Lipinski definition) is 1. The lowest BCUT2D eigenvalue weighted by atomic mass is 9.96. The number of nitrogens with zero attached hydrogens (tertiary/aromatic N) is 2. The van der Waals surface area contributed by atoms with Crippen LogP contribution in [0.15, 0.2) is 29.2 Å². The highest BCUT2D eigenvalue weighted by molar-refractivity contribution is 7.89. The van der Waals surface area contributed by atoms with Gasteiger partial charge < -0.3 is 10.2 Å². The number of carbonyl (C=O) groups excluding carboxylic acids is 1. The van der Waals surface area contributed by atoms with E-state index in [0.29, 0.717) is 18.8 Å². The molecule has 0 saturated carbocycles. The molecule has 6 nitrogen and oxygen atoms in total. The van der Waals surface area contributed by atoms with Gasteiger partial charge >= 0.3 is 0 Å². The Bertz CT molecular complexity index is 670. The summed E-state index contributed by atoms with van der Waals surface area (Å²) in [6.07, 6.45) is 0. The van der Waals surface area contributed by atoms with Crippen LogP contribution < -0.4 is 5.32 Å². The second kappa shape index (κ2) is 7.21. The first-order chi connectivity index (χ1) is 11.1. The second-order valence-electron chi connectivity index (χ2n) is 7.45. The molecule has 0 aliphatic carbocycles. The minimum Gasteiger partial charge on any atom is -0.326 e. The third-order valence-corrected chi connectivity index (χ3v) is 5.75. The predicted molar refractivity (Wildman–Crippen MR) is 95.4 cm³/mol. The Hall–Kier alpha value is -1.44. The summed E-state index contributed by atoms with van der Waals surface area (Å²) in [5.74, 6) is -0.180. The average molecular weight is 353 g/mol. The molecule has 134 valence electrons. The quantitative estimate of drug-likeness (QED) is 0.899. The molecule has 7 heteroatoms. The zero-order valence-electron chi connectivity index (χ0n) is 14.9. The molecule has 1 aromatic carbocycles. The van der Waals surface area contributed by atoms with Gasteiger partial charge in [-0.05, 0) is 29.7 Å². The molecule has 1 saturated heterocycles. The van der Waals surface area contributed by atoms with E-state index in [1.165, 1.54) is 6.92 Å². The van der Waals surface area contributed by atoms with Crippen molar-refractivity contribution in [1.82, 2.24) is 9.21 Å². The Morgan fingerprint density at radius 1 is 1.08 bits per heavy atom. The molecular formula is C17H27N3O3S. The standard InChI is InChI=1S/C17H27N3O3S/c1-14(21)18-15-5-7-16(8-6-15)24(22,23)20-11-9-19(10-12-20)13-17(2,3)4/h5-8H,9-13H2,1-4H3,(H,18,21). The lowest BCUT2D eigenvalue weighted by molar-refractivity contribution is -0.114. The van der Waals surface area contributed by atoms with Gasteiger partial charge in [0.25, 0.3) is 0 Å². The first-order valence-corrected chi connectivity index (χ1v) is 9.62. The minimum atomic E-state index is -3.48. The summed E-state index contributed by atoms with van der Waals surface area (Å²) in [5, 5.41) is 2.64. The van der Waals surface area contributed by atoms with Crippen LogP contribution in [0.3, 0.4) is 0 Å². The fourth-order valence-corrected chi connectivity index (χ4v) is 4.28. The number of piperazine rings is 1. The highest BCUT2D eigenvalue weighted by atomic mass is 32.2. The molecule has 1 heterocycles. The summed E-state index contributed by atoms with van der Waals surface area (Å²) in [5.41, 5.74) is 0.803. The smallest absolute Gasteiger partial charge is 0.243 e. The maximum Gasteiger partial charge on any atom is 0.243 e. The number of rotatable bonds is 4. The van der Waals surface area contributed by atoms with E-state index in [1.54, 1.807) is 28.6 Å². The highest BCUT2D eigenvalue weighted by Crippen LogP contribution is 2.21. The Balaban J connectivity index is 2.02. The lowest BCUT2D eigenvalue weighted by Gasteiger charge is -2.37. The van der Waals surface area contributed by atoms with Crippen molar-refractivity contribution in [2.24, 2.45) is 5.41 Å². The van der Waals surface area contributed by atoms with Crippen LogP contribution in [-0.4, -0.2) is 56.3 Å². The van der Waals surface area contributed by atoms with Gasteiger partial charge in [0.2, 0.25) is 15.9 Å². The van der Waals surface area contributed by atoms with Crippen LogP contribution in [0.4, 0.5) is 5.69 Å². The van der Waals surface area contributed by atoms with Crippen LogP contribution in [0, 0.1) is 5.41 Å². The van der Waals surface area contributed by atoms with Gasteiger partial charge in [-0.25, -0.2) is 8.42 Å². The summed E-state index contributed by atoms with van der Waals surface area (Å²) >= 11 is 0. The van der Waals surface area contributed by atoms with Crippen molar-refractivity contribution in [3.63, 3.8) is 0 Å². The van der Waals surface area contributed by atoms with Gasteiger partial charge in [-0.3, -0.25) is 4.79 Å². The number of nitrogens with one attached hydrogen (secondary N) is 1. The second-order valence-corrected chi connectivity index (χ2v) is 9.38. The molecule has 1 N–H and O–H groups in total. The molecule has 24 heavy (non-hydrogen) atoms. The Labute approximate surface area is 144 Å². The molecule has 1 aliphatic rings. The molecule has 1 fully saturated rings. The van der Waals surface area contributed by atoms with Gasteiger partial charge in [0, 0.05) is 45.3 Å². The summed E-state index contributed by atoms with van der Waals surface area (Å²) < 4.78 is 27.0. The van der Waals surface area contributed by atoms with Crippen molar-refractivity contribution < 1.29 is 13.2 Å². The van der Waals surface area contributed by atoms with E-state index in [0.717, 1.165) is 19.6 Å². The predicted octanol–water partition coefficient (Wildman–Crippen LogP) is 2.00. The fourth-order valence-electron chi connectivity index (χ4n) is 2.86. The van der Waals surface area contributed by atoms with E-state index in [-0.39, 0.29) is 16.2 Å². The van der Waals surface area contributed by atoms with Crippen LogP contribution >= 0.6 is 0 Å². The van der Waals surface area contributed by atoms with Crippen LogP contribution in [0.25, 0.3) is 0 Å². The van der Waals surface area contributed by atoms with Gasteiger partial charge in [-0.2, -0.15) is 4.31 Å². The van der Waals surface area contributed by atoms with Crippen molar-refractivity contribution in [1.29, 1.82) is 0 Å². The maximum absolute atomic E-state index is 12.7. The fraction of sp³-hybridized carbons (Fsp3) is 0.588. The molecule has 2 rings (SSSR count). The van der Waals surface area contributed by atoms with E-state index in [1.807, 2.05) is 0 Å². The number of amides is 1. The van der Waals surface area contributed by atoms with Crippen LogP contribution in [-0.2, 0) is 14.8 Å². The normalized spacial score (nSPS) is 17.7. The molecule has 0 bridgehead atoms. The number of carbonyl (C=O) groups is 1. The minimum absolute atomic E-state index is 0.180. The van der Waals surface area contributed by atoms with Gasteiger partial charge in [0.15, 0.2) is 0 Å². The Morgan fingerprint density at radius 2 is 1.62 bits per heavy atom. The van der Waals surface area contributed by atoms with Crippen LogP contribution in [0.1, 0.15) is 27.7 Å². The van der Waals surface area contributed by atoms with Crippen molar-refractivity contribution in [2.75, 3.05) is 38.0 Å². The van der Waals surface area contributed by atoms with Crippen LogP contribution in [0.2, 0.25) is 0 Å². The molecule has 1 aromatic rings. The summed E-state index contributed by atoms with van der Waals surface area (Å²) in [6, 6.07) is 6.32. The number of anilines is 1. The topological polar surface area (TPSA) is 69.7 Å². The molecule has 0 radical (unpaired) electrons. The molecule has 1 aliphatic heterocycles. The van der Waals surface area contributed by atoms with Crippen LogP contribution in [0.5, 0.6) is 0 Å². The highest BCUT2D eigenvalue weighted by Gasteiger charge is 2.29. The van der Waals surface area contributed by atoms with Gasteiger partial charge in [0.1, 0.15) is 0 Å². The van der Waals surface area contributed by atoms with Crippen molar-refractivity contribution in [2.45, 2.75) is 32.6 Å². The number of hydrogen-bond acceptors (Lipinski definition) is 4. The molecule has 0 spiro atoms. The number of benzene rings is 1.